The van der Waals surface area contributed by atoms with E-state index in [1.807, 2.05) is 47.7 Å². The third kappa shape index (κ3) is 2.53. The lowest BCUT2D eigenvalue weighted by atomic mass is 10.0. The first-order valence-corrected chi connectivity index (χ1v) is 8.37. The molecule has 2 aromatic heterocycles. The van der Waals surface area contributed by atoms with Crippen molar-refractivity contribution in [3.05, 3.63) is 53.3 Å². The molecule has 1 unspecified atom stereocenters. The Morgan fingerprint density at radius 3 is 2.96 bits per heavy atom. The molecule has 1 aliphatic rings. The first-order chi connectivity index (χ1) is 12.1. The summed E-state index contributed by atoms with van der Waals surface area (Å²) in [6.45, 7) is 2.88. The smallest absolute Gasteiger partial charge is 0.290 e. The number of imidazole rings is 1. The van der Waals surface area contributed by atoms with E-state index in [9.17, 15) is 4.79 Å². The minimum Gasteiger partial charge on any atom is -0.451 e. The van der Waals surface area contributed by atoms with E-state index in [-0.39, 0.29) is 11.9 Å². The van der Waals surface area contributed by atoms with Gasteiger partial charge in [-0.25, -0.2) is 4.98 Å². The van der Waals surface area contributed by atoms with Crippen molar-refractivity contribution in [2.45, 2.75) is 25.9 Å². The van der Waals surface area contributed by atoms with Gasteiger partial charge in [-0.05, 0) is 13.0 Å². The topological polar surface area (TPSA) is 60.5 Å². The number of hydrogen-bond donors (Lipinski definition) is 0. The van der Waals surface area contributed by atoms with E-state index in [1.54, 1.807) is 13.4 Å². The highest BCUT2D eigenvalue weighted by atomic mass is 16.5. The Hall–Kier alpha value is -2.60. The maximum absolute atomic E-state index is 13.2. The van der Waals surface area contributed by atoms with Gasteiger partial charge in [-0.3, -0.25) is 4.79 Å². The van der Waals surface area contributed by atoms with E-state index in [4.69, 9.17) is 9.15 Å². The summed E-state index contributed by atoms with van der Waals surface area (Å²) in [5.41, 5.74) is 3.72. The number of hydrogen-bond acceptors (Lipinski definition) is 4. The number of methoxy groups -OCH3 is 1. The first-order valence-electron chi connectivity index (χ1n) is 8.37. The molecule has 25 heavy (non-hydrogen) atoms. The van der Waals surface area contributed by atoms with Gasteiger partial charge in [-0.2, -0.15) is 0 Å². The first kappa shape index (κ1) is 15.9. The molecule has 1 amide bonds. The van der Waals surface area contributed by atoms with Crippen molar-refractivity contribution in [1.29, 1.82) is 0 Å². The molecule has 0 bridgehead atoms. The van der Waals surface area contributed by atoms with Crippen LogP contribution in [0.4, 0.5) is 0 Å². The van der Waals surface area contributed by atoms with Gasteiger partial charge in [0, 0.05) is 37.2 Å². The van der Waals surface area contributed by atoms with Crippen LogP contribution < -0.4 is 0 Å². The Kier molecular flexibility index (Phi) is 3.84. The van der Waals surface area contributed by atoms with Gasteiger partial charge in [0.2, 0.25) is 0 Å². The van der Waals surface area contributed by atoms with Crippen molar-refractivity contribution in [1.82, 2.24) is 14.5 Å². The zero-order valence-electron chi connectivity index (χ0n) is 14.7. The Bertz CT molecular complexity index is 941. The molecule has 0 radical (unpaired) electrons. The molecule has 6 nitrogen and oxygen atoms in total. The Labute approximate surface area is 146 Å². The van der Waals surface area contributed by atoms with Crippen molar-refractivity contribution in [2.75, 3.05) is 13.7 Å². The predicted molar refractivity (Wildman–Crippen MR) is 93.4 cm³/mol. The van der Waals surface area contributed by atoms with E-state index in [0.717, 1.165) is 34.3 Å². The quantitative estimate of drug-likeness (QED) is 0.736. The SMILES string of the molecule is COCC1Cc2c(ncn2C)CN1C(=O)c1oc2ccccc2c1C. The zero-order valence-corrected chi connectivity index (χ0v) is 14.7. The maximum Gasteiger partial charge on any atom is 0.290 e. The Balaban J connectivity index is 1.73. The van der Waals surface area contributed by atoms with Crippen LogP contribution in [0.2, 0.25) is 0 Å². The highest BCUT2D eigenvalue weighted by Crippen LogP contribution is 2.29. The summed E-state index contributed by atoms with van der Waals surface area (Å²) in [7, 11) is 3.64. The summed E-state index contributed by atoms with van der Waals surface area (Å²) in [5.74, 6) is 0.300. The van der Waals surface area contributed by atoms with Crippen LogP contribution in [0.5, 0.6) is 0 Å². The van der Waals surface area contributed by atoms with Gasteiger partial charge < -0.3 is 18.6 Å². The van der Waals surface area contributed by atoms with Crippen molar-refractivity contribution < 1.29 is 13.9 Å². The summed E-state index contributed by atoms with van der Waals surface area (Å²) in [4.78, 5) is 19.5. The molecule has 0 saturated heterocycles. The number of ether oxygens (including phenoxy) is 1. The van der Waals surface area contributed by atoms with Crippen molar-refractivity contribution in [3.63, 3.8) is 0 Å². The average molecular weight is 339 g/mol. The van der Waals surface area contributed by atoms with E-state index in [0.29, 0.717) is 18.9 Å². The molecule has 1 aromatic carbocycles. The average Bonchev–Trinajstić information content (AvgIpc) is 3.15. The van der Waals surface area contributed by atoms with Gasteiger partial charge in [0.15, 0.2) is 5.76 Å². The number of furan rings is 1. The van der Waals surface area contributed by atoms with Crippen LogP contribution in [-0.2, 0) is 24.8 Å². The minimum atomic E-state index is -0.105. The van der Waals surface area contributed by atoms with Crippen LogP contribution in [0.15, 0.2) is 35.0 Å². The number of nitrogens with zero attached hydrogens (tertiary/aromatic N) is 3. The minimum absolute atomic E-state index is 0.0342. The number of fused-ring (bicyclic) bond motifs is 2. The standard InChI is InChI=1S/C19H21N3O3/c1-12-14-6-4-5-7-17(14)25-18(12)19(23)22-9-15-16(21(2)11-20-15)8-13(22)10-24-3/h4-7,11,13H,8-10H2,1-3H3. The van der Waals surface area contributed by atoms with Crippen LogP contribution in [0.25, 0.3) is 11.0 Å². The number of aryl methyl sites for hydroxylation is 2. The number of aromatic nitrogens is 2. The van der Waals surface area contributed by atoms with E-state index in [1.165, 1.54) is 0 Å². The molecule has 6 heteroatoms. The summed E-state index contributed by atoms with van der Waals surface area (Å²) < 4.78 is 13.3. The monoisotopic (exact) mass is 339 g/mol. The Morgan fingerprint density at radius 1 is 1.40 bits per heavy atom. The summed E-state index contributed by atoms with van der Waals surface area (Å²) >= 11 is 0. The number of carbonyl (C=O) groups is 1. The van der Waals surface area contributed by atoms with Gasteiger partial charge in [0.25, 0.3) is 5.91 Å². The van der Waals surface area contributed by atoms with E-state index in [2.05, 4.69) is 4.98 Å². The van der Waals surface area contributed by atoms with Crippen LogP contribution in [0.1, 0.15) is 27.5 Å². The molecule has 0 spiro atoms. The van der Waals surface area contributed by atoms with Gasteiger partial charge in [-0.1, -0.05) is 18.2 Å². The lowest BCUT2D eigenvalue weighted by Gasteiger charge is -2.34. The molecule has 4 rings (SSSR count). The molecule has 1 aliphatic heterocycles. The lowest BCUT2D eigenvalue weighted by molar-refractivity contribution is 0.0441. The van der Waals surface area contributed by atoms with Crippen molar-refractivity contribution >= 4 is 16.9 Å². The van der Waals surface area contributed by atoms with E-state index >= 15 is 0 Å². The largest absolute Gasteiger partial charge is 0.451 e. The molecule has 0 aliphatic carbocycles. The molecule has 3 heterocycles. The van der Waals surface area contributed by atoms with Crippen LogP contribution in [0.3, 0.4) is 0 Å². The fraction of sp³-hybridized carbons (Fsp3) is 0.368. The summed E-state index contributed by atoms with van der Waals surface area (Å²) in [6.07, 6.45) is 2.53. The second-order valence-corrected chi connectivity index (χ2v) is 6.55. The number of carbonyl (C=O) groups excluding carboxylic acids is 1. The molecular weight excluding hydrogens is 318 g/mol. The van der Waals surface area contributed by atoms with Crippen LogP contribution in [-0.4, -0.2) is 40.1 Å². The molecule has 0 saturated carbocycles. The molecular formula is C19H21N3O3. The number of para-hydroxylation sites is 1. The van der Waals surface area contributed by atoms with Crippen molar-refractivity contribution in [3.8, 4) is 0 Å². The van der Waals surface area contributed by atoms with Crippen LogP contribution in [0, 0.1) is 6.92 Å². The maximum atomic E-state index is 13.2. The third-order valence-corrected chi connectivity index (χ3v) is 4.99. The van der Waals surface area contributed by atoms with Gasteiger partial charge >= 0.3 is 0 Å². The summed E-state index contributed by atoms with van der Waals surface area (Å²) in [5, 5.41) is 0.977. The molecule has 0 fully saturated rings. The van der Waals surface area contributed by atoms with Crippen molar-refractivity contribution in [2.24, 2.45) is 7.05 Å². The molecule has 3 aromatic rings. The van der Waals surface area contributed by atoms with E-state index < -0.39 is 0 Å². The predicted octanol–water partition coefficient (Wildman–Crippen LogP) is 2.69. The normalized spacial score (nSPS) is 17.1. The highest BCUT2D eigenvalue weighted by Gasteiger charge is 2.34. The Morgan fingerprint density at radius 2 is 2.20 bits per heavy atom. The number of rotatable bonds is 3. The second-order valence-electron chi connectivity index (χ2n) is 6.55. The van der Waals surface area contributed by atoms with Gasteiger partial charge in [0.05, 0.1) is 31.2 Å². The van der Waals surface area contributed by atoms with Crippen LogP contribution >= 0.6 is 0 Å². The summed E-state index contributed by atoms with van der Waals surface area (Å²) in [6, 6.07) is 7.69. The molecule has 130 valence electrons. The fourth-order valence-electron chi connectivity index (χ4n) is 3.61. The number of amides is 1. The molecule has 1 atom stereocenters. The molecule has 0 N–H and O–H groups in total. The zero-order chi connectivity index (χ0) is 17.6. The number of benzene rings is 1. The van der Waals surface area contributed by atoms with Gasteiger partial charge in [-0.15, -0.1) is 0 Å². The lowest BCUT2D eigenvalue weighted by Crippen LogP contribution is -2.47. The second kappa shape index (κ2) is 6.04. The third-order valence-electron chi connectivity index (χ3n) is 4.99. The highest BCUT2D eigenvalue weighted by molar-refractivity contribution is 5.99. The fourth-order valence-corrected chi connectivity index (χ4v) is 3.61. The van der Waals surface area contributed by atoms with Gasteiger partial charge in [0.1, 0.15) is 5.58 Å².